The summed E-state index contributed by atoms with van der Waals surface area (Å²) in [5.41, 5.74) is 4.40. The minimum atomic E-state index is 0.244. The Morgan fingerprint density at radius 1 is 1.42 bits per heavy atom. The third kappa shape index (κ3) is 3.25. The predicted octanol–water partition coefficient (Wildman–Crippen LogP) is 4.19. The summed E-state index contributed by atoms with van der Waals surface area (Å²) in [6.07, 6.45) is 4.59. The van der Waals surface area contributed by atoms with Gasteiger partial charge in [0.05, 0.1) is 10.0 Å². The van der Waals surface area contributed by atoms with Crippen LogP contribution in [0.1, 0.15) is 38.7 Å². The number of benzene rings is 1. The van der Waals surface area contributed by atoms with Crippen LogP contribution < -0.4 is 11.3 Å². The molecule has 3 N–H and O–H groups in total. The Bertz CT molecular complexity index is 446. The van der Waals surface area contributed by atoms with Crippen molar-refractivity contribution in [3.8, 4) is 0 Å². The van der Waals surface area contributed by atoms with Gasteiger partial charge in [0, 0.05) is 6.04 Å². The fraction of sp³-hybridized carbons (Fsp3) is 0.600. The van der Waals surface area contributed by atoms with E-state index in [0.29, 0.717) is 21.4 Å². The van der Waals surface area contributed by atoms with E-state index in [2.05, 4.69) is 19.3 Å². The van der Waals surface area contributed by atoms with Gasteiger partial charge in [-0.15, -0.1) is 0 Å². The van der Waals surface area contributed by atoms with Gasteiger partial charge in [-0.25, -0.2) is 0 Å². The Balaban J connectivity index is 2.17. The molecule has 4 heteroatoms. The molecule has 19 heavy (non-hydrogen) atoms. The first-order valence-corrected chi connectivity index (χ1v) is 7.60. The van der Waals surface area contributed by atoms with Crippen molar-refractivity contribution in [2.24, 2.45) is 17.2 Å². The number of nitrogens with one attached hydrogen (secondary N) is 1. The van der Waals surface area contributed by atoms with Gasteiger partial charge in [0.2, 0.25) is 0 Å². The maximum atomic E-state index is 6.27. The van der Waals surface area contributed by atoms with Crippen molar-refractivity contribution >= 4 is 23.2 Å². The number of rotatable bonds is 4. The summed E-state index contributed by atoms with van der Waals surface area (Å²) in [4.78, 5) is 0. The van der Waals surface area contributed by atoms with E-state index in [1.54, 1.807) is 0 Å². The van der Waals surface area contributed by atoms with E-state index in [4.69, 9.17) is 29.0 Å². The molecule has 1 aromatic rings. The number of nitrogens with two attached hydrogens (primary N) is 1. The van der Waals surface area contributed by atoms with E-state index >= 15 is 0 Å². The Morgan fingerprint density at radius 2 is 2.16 bits per heavy atom. The van der Waals surface area contributed by atoms with Gasteiger partial charge in [0.15, 0.2) is 0 Å². The van der Waals surface area contributed by atoms with Crippen LogP contribution in [0.25, 0.3) is 0 Å². The minimum Gasteiger partial charge on any atom is -0.271 e. The van der Waals surface area contributed by atoms with Crippen molar-refractivity contribution in [1.82, 2.24) is 5.43 Å². The largest absolute Gasteiger partial charge is 0.271 e. The fourth-order valence-electron chi connectivity index (χ4n) is 3.36. The molecular formula is C15H22Cl2N2. The van der Waals surface area contributed by atoms with Crippen molar-refractivity contribution in [2.75, 3.05) is 0 Å². The van der Waals surface area contributed by atoms with Crippen molar-refractivity contribution < 1.29 is 0 Å². The van der Waals surface area contributed by atoms with Crippen LogP contribution in [-0.2, 0) is 6.42 Å². The van der Waals surface area contributed by atoms with Crippen LogP contribution >= 0.6 is 23.2 Å². The molecule has 2 unspecified atom stereocenters. The number of hydrazine groups is 1. The first-order chi connectivity index (χ1) is 8.95. The van der Waals surface area contributed by atoms with Gasteiger partial charge in [-0.3, -0.25) is 11.3 Å². The van der Waals surface area contributed by atoms with Gasteiger partial charge in [-0.05, 0) is 42.2 Å². The van der Waals surface area contributed by atoms with Crippen LogP contribution in [0.4, 0.5) is 0 Å². The molecule has 0 saturated heterocycles. The Kier molecular flexibility index (Phi) is 4.78. The summed E-state index contributed by atoms with van der Waals surface area (Å²) >= 11 is 12.3. The normalized spacial score (nSPS) is 23.5. The number of hydrogen-bond donors (Lipinski definition) is 2. The van der Waals surface area contributed by atoms with Crippen molar-refractivity contribution in [1.29, 1.82) is 0 Å². The maximum absolute atomic E-state index is 6.27. The Morgan fingerprint density at radius 3 is 2.74 bits per heavy atom. The molecule has 0 spiro atoms. The molecule has 1 fully saturated rings. The molecule has 0 bridgehead atoms. The van der Waals surface area contributed by atoms with Crippen LogP contribution in [0.15, 0.2) is 18.2 Å². The first kappa shape index (κ1) is 15.1. The highest BCUT2D eigenvalue weighted by atomic mass is 35.5. The quantitative estimate of drug-likeness (QED) is 0.646. The molecule has 1 aromatic carbocycles. The zero-order chi connectivity index (χ0) is 14.0. The molecule has 106 valence electrons. The zero-order valence-electron chi connectivity index (χ0n) is 11.5. The van der Waals surface area contributed by atoms with Crippen molar-refractivity contribution in [3.63, 3.8) is 0 Å². The van der Waals surface area contributed by atoms with Crippen LogP contribution in [0, 0.1) is 11.3 Å². The second kappa shape index (κ2) is 6.01. The Hall–Kier alpha value is -0.280. The second-order valence-electron chi connectivity index (χ2n) is 6.18. The molecule has 1 saturated carbocycles. The molecule has 0 heterocycles. The SMILES string of the molecule is CC1(C)CCCC1C(Cc1cccc(Cl)c1Cl)NN. The molecule has 2 rings (SSSR count). The molecule has 2 nitrogen and oxygen atoms in total. The minimum absolute atomic E-state index is 0.244. The predicted molar refractivity (Wildman–Crippen MR) is 82.4 cm³/mol. The van der Waals surface area contributed by atoms with Crippen molar-refractivity contribution in [2.45, 2.75) is 45.6 Å². The lowest BCUT2D eigenvalue weighted by Crippen LogP contribution is -2.45. The summed E-state index contributed by atoms with van der Waals surface area (Å²) in [7, 11) is 0. The lowest BCUT2D eigenvalue weighted by Gasteiger charge is -2.34. The monoisotopic (exact) mass is 300 g/mol. The van der Waals surface area contributed by atoms with Crippen LogP contribution in [0.5, 0.6) is 0 Å². The van der Waals surface area contributed by atoms with Crippen LogP contribution in [-0.4, -0.2) is 6.04 Å². The van der Waals surface area contributed by atoms with Gasteiger partial charge in [0.1, 0.15) is 0 Å². The topological polar surface area (TPSA) is 38.0 Å². The molecule has 1 aliphatic rings. The van der Waals surface area contributed by atoms with Gasteiger partial charge in [-0.2, -0.15) is 0 Å². The van der Waals surface area contributed by atoms with Gasteiger partial charge in [0.25, 0.3) is 0 Å². The summed E-state index contributed by atoms with van der Waals surface area (Å²) in [5.74, 6) is 6.36. The summed E-state index contributed by atoms with van der Waals surface area (Å²) in [6, 6.07) is 6.03. The highest BCUT2D eigenvalue weighted by Crippen LogP contribution is 2.45. The molecular weight excluding hydrogens is 279 g/mol. The van der Waals surface area contributed by atoms with Gasteiger partial charge >= 0.3 is 0 Å². The van der Waals surface area contributed by atoms with E-state index in [9.17, 15) is 0 Å². The molecule has 0 aromatic heterocycles. The van der Waals surface area contributed by atoms with Gasteiger partial charge in [-0.1, -0.05) is 55.6 Å². The lowest BCUT2D eigenvalue weighted by atomic mass is 9.76. The number of halogens is 2. The van der Waals surface area contributed by atoms with E-state index in [1.807, 2.05) is 18.2 Å². The highest BCUT2D eigenvalue weighted by Gasteiger charge is 2.39. The van der Waals surface area contributed by atoms with E-state index in [0.717, 1.165) is 12.0 Å². The van der Waals surface area contributed by atoms with E-state index in [1.165, 1.54) is 19.3 Å². The summed E-state index contributed by atoms with van der Waals surface area (Å²) in [6.45, 7) is 4.66. The zero-order valence-corrected chi connectivity index (χ0v) is 13.1. The average Bonchev–Trinajstić information content (AvgIpc) is 2.71. The van der Waals surface area contributed by atoms with E-state index in [-0.39, 0.29) is 6.04 Å². The smallest absolute Gasteiger partial charge is 0.0624 e. The average molecular weight is 301 g/mol. The fourth-order valence-corrected chi connectivity index (χ4v) is 3.76. The number of hydrogen-bond acceptors (Lipinski definition) is 2. The Labute approximate surface area is 125 Å². The third-order valence-electron chi connectivity index (χ3n) is 4.51. The standard InChI is InChI=1S/C15H22Cl2N2/c1-15(2)8-4-6-11(15)13(19-18)9-10-5-3-7-12(16)14(10)17/h3,5,7,11,13,19H,4,6,8-9,18H2,1-2H3. The molecule has 0 radical (unpaired) electrons. The molecule has 2 atom stereocenters. The highest BCUT2D eigenvalue weighted by molar-refractivity contribution is 6.42. The van der Waals surface area contributed by atoms with Crippen molar-refractivity contribution in [3.05, 3.63) is 33.8 Å². The third-order valence-corrected chi connectivity index (χ3v) is 5.37. The lowest BCUT2D eigenvalue weighted by molar-refractivity contribution is 0.196. The molecule has 1 aliphatic carbocycles. The maximum Gasteiger partial charge on any atom is 0.0624 e. The molecule has 0 aliphatic heterocycles. The second-order valence-corrected chi connectivity index (χ2v) is 6.96. The molecule has 0 amide bonds. The van der Waals surface area contributed by atoms with Gasteiger partial charge < -0.3 is 0 Å². The van der Waals surface area contributed by atoms with Crippen LogP contribution in [0.3, 0.4) is 0 Å². The summed E-state index contributed by atoms with van der Waals surface area (Å²) < 4.78 is 0. The first-order valence-electron chi connectivity index (χ1n) is 6.84. The summed E-state index contributed by atoms with van der Waals surface area (Å²) in [5, 5.41) is 1.26. The van der Waals surface area contributed by atoms with Crippen LogP contribution in [0.2, 0.25) is 10.0 Å². The van der Waals surface area contributed by atoms with E-state index < -0.39 is 0 Å².